The zero-order valence-corrected chi connectivity index (χ0v) is 13.1. The minimum absolute atomic E-state index is 0.0779. The molecule has 0 spiro atoms. The number of carbonyl (C=O) groups is 3. The van der Waals surface area contributed by atoms with Crippen LogP contribution in [0.1, 0.15) is 46.5 Å². The van der Waals surface area contributed by atoms with Crippen molar-refractivity contribution in [2.45, 2.75) is 46.5 Å². The molecular formula is C17H24O4. The average Bonchev–Trinajstić information content (AvgIpc) is 2.42. The molecule has 4 nitrogen and oxygen atoms in total. The van der Waals surface area contributed by atoms with Crippen LogP contribution in [0.5, 0.6) is 0 Å². The summed E-state index contributed by atoms with van der Waals surface area (Å²) in [6.45, 7) is 6.47. The summed E-state index contributed by atoms with van der Waals surface area (Å²) in [7, 11) is 0. The van der Waals surface area contributed by atoms with Gasteiger partial charge in [0, 0.05) is 17.8 Å². The van der Waals surface area contributed by atoms with E-state index in [4.69, 9.17) is 4.74 Å². The number of carbonyl (C=O) groups excluding carboxylic acids is 3. The van der Waals surface area contributed by atoms with Crippen LogP contribution in [0.3, 0.4) is 0 Å². The molecule has 0 aromatic heterocycles. The van der Waals surface area contributed by atoms with E-state index in [1.807, 2.05) is 6.92 Å². The van der Waals surface area contributed by atoms with Gasteiger partial charge in [-0.3, -0.25) is 9.59 Å². The van der Waals surface area contributed by atoms with E-state index in [0.717, 1.165) is 25.5 Å². The number of hydrogen-bond acceptors (Lipinski definition) is 4. The number of ether oxygens (including phenoxy) is 1. The second-order valence-electron chi connectivity index (χ2n) is 7.74. The Kier molecular flexibility index (Phi) is 3.26. The van der Waals surface area contributed by atoms with Crippen LogP contribution in [0.4, 0.5) is 0 Å². The largest absolute Gasteiger partial charge is 0.465 e. The van der Waals surface area contributed by atoms with Crippen molar-refractivity contribution < 1.29 is 19.1 Å². The van der Waals surface area contributed by atoms with Crippen molar-refractivity contribution in [3.63, 3.8) is 0 Å². The molecule has 0 amide bonds. The lowest BCUT2D eigenvalue weighted by atomic mass is 9.43. The molecule has 4 heteroatoms. The molecule has 2 aliphatic carbocycles. The molecule has 116 valence electrons. The second-order valence-corrected chi connectivity index (χ2v) is 7.74. The highest BCUT2D eigenvalue weighted by Crippen LogP contribution is 2.63. The van der Waals surface area contributed by atoms with Crippen LogP contribution in [0.25, 0.3) is 0 Å². The van der Waals surface area contributed by atoms with Gasteiger partial charge in [-0.2, -0.15) is 0 Å². The minimum Gasteiger partial charge on any atom is -0.465 e. The summed E-state index contributed by atoms with van der Waals surface area (Å²) in [5.41, 5.74) is -0.649. The van der Waals surface area contributed by atoms with Gasteiger partial charge in [-0.15, -0.1) is 0 Å². The van der Waals surface area contributed by atoms with E-state index in [2.05, 4.69) is 13.8 Å². The highest BCUT2D eigenvalue weighted by Gasteiger charge is 2.64. The lowest BCUT2D eigenvalue weighted by molar-refractivity contribution is -0.190. The normalized spacial score (nSPS) is 49.9. The maximum Gasteiger partial charge on any atom is 0.309 e. The third kappa shape index (κ3) is 1.84. The number of fused-ring (bicyclic) bond motifs is 3. The molecule has 2 saturated carbocycles. The highest BCUT2D eigenvalue weighted by atomic mass is 16.5. The third-order valence-electron chi connectivity index (χ3n) is 6.65. The summed E-state index contributed by atoms with van der Waals surface area (Å²) in [4.78, 5) is 36.7. The molecule has 3 fully saturated rings. The van der Waals surface area contributed by atoms with E-state index < -0.39 is 0 Å². The number of Topliss-reactive ketones (excluding diaryl/α,β-unsaturated/α-hetero) is 1. The predicted octanol–water partition coefficient (Wildman–Crippen LogP) is 2.40. The molecule has 21 heavy (non-hydrogen) atoms. The fraction of sp³-hybridized carbons (Fsp3) is 0.824. The molecule has 3 rings (SSSR count). The number of rotatable bonds is 1. The van der Waals surface area contributed by atoms with Crippen LogP contribution in [0.2, 0.25) is 0 Å². The lowest BCUT2D eigenvalue weighted by Gasteiger charge is -2.60. The Morgan fingerprint density at radius 1 is 1.19 bits per heavy atom. The first-order valence-corrected chi connectivity index (χ1v) is 8.00. The number of aldehydes is 1. The van der Waals surface area contributed by atoms with Gasteiger partial charge >= 0.3 is 5.97 Å². The Morgan fingerprint density at radius 3 is 2.57 bits per heavy atom. The van der Waals surface area contributed by atoms with E-state index in [-0.39, 0.29) is 46.3 Å². The van der Waals surface area contributed by atoms with Crippen LogP contribution < -0.4 is 0 Å². The number of cyclic esters (lactones) is 1. The van der Waals surface area contributed by atoms with Gasteiger partial charge in [0.15, 0.2) is 0 Å². The second kappa shape index (κ2) is 4.65. The first-order chi connectivity index (χ1) is 9.84. The fourth-order valence-corrected chi connectivity index (χ4v) is 5.37. The standard InChI is InChI=1S/C17H24O4/c1-10-8-11(9-18)16(2)5-4-12-15(20)21-7-6-17(12,3)14(16)13(10)19/h9-12,14H,4-8H2,1-3H3. The zero-order valence-electron chi connectivity index (χ0n) is 13.1. The molecule has 0 radical (unpaired) electrons. The van der Waals surface area contributed by atoms with Crippen molar-refractivity contribution >= 4 is 18.0 Å². The van der Waals surface area contributed by atoms with Crippen LogP contribution in [-0.2, 0) is 19.1 Å². The summed E-state index contributed by atoms with van der Waals surface area (Å²) in [6.07, 6.45) is 3.91. The van der Waals surface area contributed by atoms with Crippen molar-refractivity contribution in [1.82, 2.24) is 0 Å². The van der Waals surface area contributed by atoms with Gasteiger partial charge in [-0.05, 0) is 36.5 Å². The molecule has 6 atom stereocenters. The van der Waals surface area contributed by atoms with Crippen LogP contribution in [-0.4, -0.2) is 24.6 Å². The molecule has 0 N–H and O–H groups in total. The summed E-state index contributed by atoms with van der Waals surface area (Å²) >= 11 is 0. The van der Waals surface area contributed by atoms with Crippen molar-refractivity contribution in [3.05, 3.63) is 0 Å². The van der Waals surface area contributed by atoms with E-state index in [1.54, 1.807) is 0 Å². The van der Waals surface area contributed by atoms with Crippen LogP contribution in [0, 0.1) is 34.5 Å². The van der Waals surface area contributed by atoms with E-state index in [1.165, 1.54) is 0 Å². The van der Waals surface area contributed by atoms with Gasteiger partial charge in [-0.1, -0.05) is 20.8 Å². The number of hydrogen-bond donors (Lipinski definition) is 0. The maximum atomic E-state index is 12.9. The van der Waals surface area contributed by atoms with E-state index in [9.17, 15) is 14.4 Å². The summed E-state index contributed by atoms with van der Waals surface area (Å²) < 4.78 is 5.22. The maximum absolute atomic E-state index is 12.9. The Balaban J connectivity index is 2.09. The Morgan fingerprint density at radius 2 is 1.90 bits per heavy atom. The van der Waals surface area contributed by atoms with Gasteiger partial charge in [0.2, 0.25) is 0 Å². The molecule has 1 aliphatic heterocycles. The van der Waals surface area contributed by atoms with Gasteiger partial charge < -0.3 is 9.53 Å². The topological polar surface area (TPSA) is 60.4 Å². The van der Waals surface area contributed by atoms with Crippen LogP contribution in [0.15, 0.2) is 0 Å². The highest BCUT2D eigenvalue weighted by molar-refractivity contribution is 5.88. The van der Waals surface area contributed by atoms with Gasteiger partial charge in [0.05, 0.1) is 12.5 Å². The molecule has 0 bridgehead atoms. The first kappa shape index (κ1) is 14.7. The SMILES string of the molecule is CC1CC(C=O)C2(C)CCC3C(=O)OCCC3(C)C2C1=O. The Labute approximate surface area is 125 Å². The molecule has 3 aliphatic rings. The molecule has 0 aromatic carbocycles. The average molecular weight is 292 g/mol. The number of esters is 1. The summed E-state index contributed by atoms with van der Waals surface area (Å²) in [5.74, 6) is -0.462. The van der Waals surface area contributed by atoms with Gasteiger partial charge in [0.25, 0.3) is 0 Å². The van der Waals surface area contributed by atoms with Crippen molar-refractivity contribution in [2.24, 2.45) is 34.5 Å². The van der Waals surface area contributed by atoms with E-state index >= 15 is 0 Å². The van der Waals surface area contributed by atoms with Crippen molar-refractivity contribution in [2.75, 3.05) is 6.61 Å². The number of ketones is 1. The third-order valence-corrected chi connectivity index (χ3v) is 6.65. The predicted molar refractivity (Wildman–Crippen MR) is 76.3 cm³/mol. The van der Waals surface area contributed by atoms with Crippen LogP contribution >= 0.6 is 0 Å². The van der Waals surface area contributed by atoms with E-state index in [0.29, 0.717) is 13.0 Å². The van der Waals surface area contributed by atoms with Crippen molar-refractivity contribution in [1.29, 1.82) is 0 Å². The first-order valence-electron chi connectivity index (χ1n) is 8.00. The monoisotopic (exact) mass is 292 g/mol. The molecular weight excluding hydrogens is 268 g/mol. The Hall–Kier alpha value is -1.19. The molecule has 0 aromatic rings. The quantitative estimate of drug-likeness (QED) is 0.550. The molecule has 1 heterocycles. The molecule has 1 saturated heterocycles. The van der Waals surface area contributed by atoms with Gasteiger partial charge in [-0.25, -0.2) is 0 Å². The summed E-state index contributed by atoms with van der Waals surface area (Å²) in [5, 5.41) is 0. The zero-order chi connectivity index (χ0) is 15.4. The minimum atomic E-state index is -0.352. The smallest absolute Gasteiger partial charge is 0.309 e. The molecule has 6 unspecified atom stereocenters. The Bertz CT molecular complexity index is 499. The van der Waals surface area contributed by atoms with Gasteiger partial charge in [0.1, 0.15) is 12.1 Å². The fourth-order valence-electron chi connectivity index (χ4n) is 5.37. The lowest BCUT2D eigenvalue weighted by Crippen LogP contribution is -2.62. The van der Waals surface area contributed by atoms with Crippen molar-refractivity contribution in [3.8, 4) is 0 Å². The summed E-state index contributed by atoms with van der Waals surface area (Å²) in [6, 6.07) is 0.